The van der Waals surface area contributed by atoms with Crippen molar-refractivity contribution in [3.05, 3.63) is 34.9 Å². The number of hydrogen-bond donors (Lipinski definition) is 1. The average Bonchev–Trinajstić information content (AvgIpc) is 3.14. The minimum Gasteiger partial charge on any atom is -0.314 e. The van der Waals surface area contributed by atoms with Gasteiger partial charge in [-0.1, -0.05) is 23.8 Å². The summed E-state index contributed by atoms with van der Waals surface area (Å²) in [5, 5.41) is 3.73. The number of likely N-dealkylation sites (tertiary alicyclic amines) is 1. The Morgan fingerprint density at radius 2 is 2.00 bits per heavy atom. The van der Waals surface area contributed by atoms with Gasteiger partial charge in [0.05, 0.1) is 0 Å². The zero-order valence-corrected chi connectivity index (χ0v) is 12.4. The summed E-state index contributed by atoms with van der Waals surface area (Å²) in [5.74, 6) is 0.770. The maximum Gasteiger partial charge on any atom is 0.0388 e. The second-order valence-corrected chi connectivity index (χ2v) is 6.52. The maximum atomic E-state index is 3.73. The number of aryl methyl sites for hydroxylation is 2. The van der Waals surface area contributed by atoms with Crippen LogP contribution < -0.4 is 5.32 Å². The largest absolute Gasteiger partial charge is 0.314 e. The molecule has 1 saturated heterocycles. The molecule has 1 aliphatic carbocycles. The molecular weight excluding hydrogens is 232 g/mol. The van der Waals surface area contributed by atoms with E-state index in [0.29, 0.717) is 6.04 Å². The van der Waals surface area contributed by atoms with Gasteiger partial charge in [0, 0.05) is 18.6 Å². The average molecular weight is 258 g/mol. The van der Waals surface area contributed by atoms with Crippen molar-refractivity contribution in [2.45, 2.75) is 45.2 Å². The van der Waals surface area contributed by atoms with E-state index < -0.39 is 0 Å². The third kappa shape index (κ3) is 2.85. The molecular formula is C17H26N2. The van der Waals surface area contributed by atoms with Crippen molar-refractivity contribution in [3.8, 4) is 0 Å². The van der Waals surface area contributed by atoms with E-state index in [1.54, 1.807) is 5.56 Å². The maximum absolute atomic E-state index is 3.73. The minimum absolute atomic E-state index is 0.603. The van der Waals surface area contributed by atoms with Crippen LogP contribution in [-0.4, -0.2) is 31.1 Å². The van der Waals surface area contributed by atoms with Gasteiger partial charge in [-0.05, 0) is 63.7 Å². The summed E-state index contributed by atoms with van der Waals surface area (Å²) in [7, 11) is 2.28. The fraction of sp³-hybridized carbons (Fsp3) is 0.647. The third-order valence-electron chi connectivity index (χ3n) is 4.77. The fourth-order valence-corrected chi connectivity index (χ4v) is 3.42. The highest BCUT2D eigenvalue weighted by atomic mass is 15.2. The monoisotopic (exact) mass is 258 g/mol. The van der Waals surface area contributed by atoms with E-state index in [2.05, 4.69) is 49.3 Å². The summed E-state index contributed by atoms with van der Waals surface area (Å²) in [6, 6.07) is 8.33. The molecule has 1 heterocycles. The predicted molar refractivity (Wildman–Crippen MR) is 80.4 cm³/mol. The zero-order chi connectivity index (χ0) is 13.4. The summed E-state index contributed by atoms with van der Waals surface area (Å²) >= 11 is 0. The van der Waals surface area contributed by atoms with Crippen LogP contribution in [0, 0.1) is 19.8 Å². The molecule has 2 heteroatoms. The molecule has 3 rings (SSSR count). The van der Waals surface area contributed by atoms with Gasteiger partial charge in [-0.25, -0.2) is 0 Å². The molecule has 104 valence electrons. The Morgan fingerprint density at radius 3 is 2.74 bits per heavy atom. The number of hydrogen-bond acceptors (Lipinski definition) is 2. The molecule has 0 bridgehead atoms. The van der Waals surface area contributed by atoms with Gasteiger partial charge in [0.1, 0.15) is 0 Å². The van der Waals surface area contributed by atoms with Gasteiger partial charge in [-0.3, -0.25) is 4.90 Å². The van der Waals surface area contributed by atoms with Gasteiger partial charge >= 0.3 is 0 Å². The highest BCUT2D eigenvalue weighted by Crippen LogP contribution is 2.38. The van der Waals surface area contributed by atoms with Crippen LogP contribution in [-0.2, 0) is 0 Å². The Morgan fingerprint density at radius 1 is 1.21 bits per heavy atom. The van der Waals surface area contributed by atoms with Crippen molar-refractivity contribution in [1.82, 2.24) is 10.2 Å². The van der Waals surface area contributed by atoms with E-state index >= 15 is 0 Å². The van der Waals surface area contributed by atoms with Crippen molar-refractivity contribution in [1.29, 1.82) is 0 Å². The molecule has 2 aliphatic rings. The van der Waals surface area contributed by atoms with Gasteiger partial charge in [0.15, 0.2) is 0 Å². The molecule has 2 unspecified atom stereocenters. The Hall–Kier alpha value is -0.860. The quantitative estimate of drug-likeness (QED) is 0.893. The number of nitrogens with zero attached hydrogens (tertiary/aromatic N) is 1. The van der Waals surface area contributed by atoms with Crippen LogP contribution in [0.4, 0.5) is 0 Å². The van der Waals surface area contributed by atoms with Gasteiger partial charge in [0.25, 0.3) is 0 Å². The van der Waals surface area contributed by atoms with E-state index in [9.17, 15) is 0 Å². The topological polar surface area (TPSA) is 15.3 Å². The van der Waals surface area contributed by atoms with Gasteiger partial charge in [0.2, 0.25) is 0 Å². The van der Waals surface area contributed by atoms with Crippen LogP contribution in [0.1, 0.15) is 42.0 Å². The number of nitrogens with one attached hydrogen (secondary N) is 1. The van der Waals surface area contributed by atoms with Crippen LogP contribution in [0.25, 0.3) is 0 Å². The molecule has 2 nitrogen and oxygen atoms in total. The lowest BCUT2D eigenvalue weighted by Crippen LogP contribution is -2.30. The van der Waals surface area contributed by atoms with Crippen LogP contribution in [0.15, 0.2) is 18.2 Å². The summed E-state index contributed by atoms with van der Waals surface area (Å²) in [4.78, 5) is 2.54. The SMILES string of the molecule is Cc1ccc(C)c(C2C(CNC3CC3)CCN2C)c1. The Kier molecular flexibility index (Phi) is 3.64. The van der Waals surface area contributed by atoms with Crippen LogP contribution in [0.2, 0.25) is 0 Å². The summed E-state index contributed by atoms with van der Waals surface area (Å²) < 4.78 is 0. The fourth-order valence-electron chi connectivity index (χ4n) is 3.42. The lowest BCUT2D eigenvalue weighted by atomic mass is 9.90. The van der Waals surface area contributed by atoms with Crippen molar-refractivity contribution in [2.75, 3.05) is 20.1 Å². The Labute approximate surface area is 117 Å². The molecule has 0 aromatic heterocycles. The highest BCUT2D eigenvalue weighted by molar-refractivity contribution is 5.34. The third-order valence-corrected chi connectivity index (χ3v) is 4.77. The molecule has 1 aromatic carbocycles. The van der Waals surface area contributed by atoms with Crippen molar-refractivity contribution >= 4 is 0 Å². The van der Waals surface area contributed by atoms with Gasteiger partial charge < -0.3 is 5.32 Å². The molecule has 0 radical (unpaired) electrons. The number of rotatable bonds is 4. The molecule has 19 heavy (non-hydrogen) atoms. The van der Waals surface area contributed by atoms with E-state index in [1.165, 1.54) is 43.5 Å². The Balaban J connectivity index is 1.79. The van der Waals surface area contributed by atoms with Crippen molar-refractivity contribution < 1.29 is 0 Å². The molecule has 2 atom stereocenters. The van der Waals surface area contributed by atoms with Crippen LogP contribution >= 0.6 is 0 Å². The first-order valence-electron chi connectivity index (χ1n) is 7.66. The molecule has 0 amide bonds. The van der Waals surface area contributed by atoms with Gasteiger partial charge in [-0.15, -0.1) is 0 Å². The normalized spacial score (nSPS) is 27.9. The molecule has 2 fully saturated rings. The molecule has 0 spiro atoms. The van der Waals surface area contributed by atoms with E-state index in [1.807, 2.05) is 0 Å². The first-order chi connectivity index (χ1) is 9.15. The molecule has 1 aliphatic heterocycles. The lowest BCUT2D eigenvalue weighted by molar-refractivity contribution is 0.271. The summed E-state index contributed by atoms with van der Waals surface area (Å²) in [6.45, 7) is 6.88. The minimum atomic E-state index is 0.603. The molecule has 1 N–H and O–H groups in total. The van der Waals surface area contributed by atoms with Crippen LogP contribution in [0.3, 0.4) is 0 Å². The first kappa shape index (κ1) is 13.1. The van der Waals surface area contributed by atoms with E-state index in [4.69, 9.17) is 0 Å². The van der Waals surface area contributed by atoms with Crippen molar-refractivity contribution in [2.24, 2.45) is 5.92 Å². The summed E-state index contributed by atoms with van der Waals surface area (Å²) in [5.41, 5.74) is 4.37. The number of benzene rings is 1. The smallest absolute Gasteiger partial charge is 0.0388 e. The summed E-state index contributed by atoms with van der Waals surface area (Å²) in [6.07, 6.45) is 4.10. The first-order valence-corrected chi connectivity index (χ1v) is 7.66. The predicted octanol–water partition coefficient (Wildman–Crippen LogP) is 3.05. The highest BCUT2D eigenvalue weighted by Gasteiger charge is 2.34. The lowest BCUT2D eigenvalue weighted by Gasteiger charge is -2.27. The van der Waals surface area contributed by atoms with E-state index in [0.717, 1.165) is 12.0 Å². The second-order valence-electron chi connectivity index (χ2n) is 6.52. The second kappa shape index (κ2) is 5.26. The standard InChI is InChI=1S/C17H26N2/c1-12-4-5-13(2)16(10-12)17-14(8-9-19(17)3)11-18-15-6-7-15/h4-5,10,14-15,17-18H,6-9,11H2,1-3H3. The van der Waals surface area contributed by atoms with Crippen molar-refractivity contribution in [3.63, 3.8) is 0 Å². The van der Waals surface area contributed by atoms with E-state index in [-0.39, 0.29) is 0 Å². The zero-order valence-electron chi connectivity index (χ0n) is 12.4. The van der Waals surface area contributed by atoms with Gasteiger partial charge in [-0.2, -0.15) is 0 Å². The van der Waals surface area contributed by atoms with Crippen LogP contribution in [0.5, 0.6) is 0 Å². The molecule has 1 saturated carbocycles. The Bertz CT molecular complexity index is 451. The molecule has 1 aromatic rings.